The molecule has 1 atom stereocenters. The number of rotatable bonds is 3. The van der Waals surface area contributed by atoms with Crippen LogP contribution >= 0.6 is 0 Å². The predicted molar refractivity (Wildman–Crippen MR) is 76.1 cm³/mol. The maximum Gasteiger partial charge on any atom is 0.326 e. The zero-order chi connectivity index (χ0) is 13.7. The van der Waals surface area contributed by atoms with Gasteiger partial charge in [-0.3, -0.25) is 9.69 Å². The molecular weight excluding hydrogens is 240 g/mol. The number of carbonyl (C=O) groups excluding carboxylic acids is 1. The monoisotopic (exact) mass is 268 g/mol. The molecule has 0 spiro atoms. The maximum atomic E-state index is 12.5. The minimum Gasteiger partial charge on any atom is -0.468 e. The summed E-state index contributed by atoms with van der Waals surface area (Å²) >= 11 is 0. The second-order valence-electron chi connectivity index (χ2n) is 6.06. The van der Waals surface area contributed by atoms with E-state index in [-0.39, 0.29) is 5.97 Å². The van der Waals surface area contributed by atoms with Crippen LogP contribution < -0.4 is 5.32 Å². The fourth-order valence-corrected chi connectivity index (χ4v) is 3.74. The average molecular weight is 268 g/mol. The first-order chi connectivity index (χ1) is 9.19. The number of hydrogen-bond acceptors (Lipinski definition) is 4. The fourth-order valence-electron chi connectivity index (χ4n) is 3.74. The van der Waals surface area contributed by atoms with Gasteiger partial charge in [0.2, 0.25) is 0 Å². The molecule has 1 aliphatic carbocycles. The van der Waals surface area contributed by atoms with Crippen molar-refractivity contribution in [2.75, 3.05) is 33.3 Å². The van der Waals surface area contributed by atoms with E-state index in [2.05, 4.69) is 17.1 Å². The summed E-state index contributed by atoms with van der Waals surface area (Å²) in [5.74, 6) is 0.410. The standard InChI is InChI=1S/C15H28N2O2/c1-15(14(18)19-2,13-7-4-3-5-8-13)17-11-6-9-16-10-12-17/h13,16H,3-12H2,1-2H3. The molecule has 0 bridgehead atoms. The largest absolute Gasteiger partial charge is 0.468 e. The molecule has 1 unspecified atom stereocenters. The summed E-state index contributed by atoms with van der Waals surface area (Å²) in [6, 6.07) is 0. The highest BCUT2D eigenvalue weighted by Crippen LogP contribution is 2.37. The third kappa shape index (κ3) is 3.11. The Morgan fingerprint density at radius 1 is 1.16 bits per heavy atom. The molecule has 0 aromatic rings. The van der Waals surface area contributed by atoms with Crippen LogP contribution in [-0.4, -0.2) is 49.7 Å². The molecule has 1 N–H and O–H groups in total. The van der Waals surface area contributed by atoms with E-state index in [4.69, 9.17) is 4.74 Å². The first-order valence-corrected chi connectivity index (χ1v) is 7.73. The van der Waals surface area contributed by atoms with Crippen LogP contribution in [0.25, 0.3) is 0 Å². The Balaban J connectivity index is 2.18. The van der Waals surface area contributed by atoms with E-state index >= 15 is 0 Å². The minimum atomic E-state index is -0.429. The topological polar surface area (TPSA) is 41.6 Å². The van der Waals surface area contributed by atoms with Gasteiger partial charge in [0.25, 0.3) is 0 Å². The van der Waals surface area contributed by atoms with Crippen LogP contribution in [0, 0.1) is 5.92 Å². The van der Waals surface area contributed by atoms with Crippen LogP contribution in [0.5, 0.6) is 0 Å². The Morgan fingerprint density at radius 2 is 1.89 bits per heavy atom. The highest BCUT2D eigenvalue weighted by molar-refractivity contribution is 5.80. The first kappa shape index (κ1) is 14.8. The van der Waals surface area contributed by atoms with Crippen LogP contribution in [-0.2, 0) is 9.53 Å². The average Bonchev–Trinajstić information content (AvgIpc) is 2.76. The van der Waals surface area contributed by atoms with Gasteiger partial charge in [-0.1, -0.05) is 19.3 Å². The number of nitrogens with one attached hydrogen (secondary N) is 1. The van der Waals surface area contributed by atoms with Crippen molar-refractivity contribution in [3.63, 3.8) is 0 Å². The van der Waals surface area contributed by atoms with Gasteiger partial charge in [-0.25, -0.2) is 0 Å². The molecule has 2 aliphatic rings. The summed E-state index contributed by atoms with van der Waals surface area (Å²) in [6.07, 6.45) is 7.26. The molecule has 110 valence electrons. The Bertz CT molecular complexity index is 295. The van der Waals surface area contributed by atoms with Gasteiger partial charge >= 0.3 is 5.97 Å². The molecule has 2 fully saturated rings. The third-order valence-corrected chi connectivity index (χ3v) is 5.00. The number of hydrogen-bond donors (Lipinski definition) is 1. The van der Waals surface area contributed by atoms with Gasteiger partial charge in [-0.2, -0.15) is 0 Å². The van der Waals surface area contributed by atoms with Crippen molar-refractivity contribution in [3.05, 3.63) is 0 Å². The highest BCUT2D eigenvalue weighted by atomic mass is 16.5. The lowest BCUT2D eigenvalue weighted by atomic mass is 9.74. The SMILES string of the molecule is COC(=O)C(C)(C1CCCCC1)N1CCCNCC1. The normalized spacial score (nSPS) is 26.4. The van der Waals surface area contributed by atoms with Crippen molar-refractivity contribution in [1.82, 2.24) is 10.2 Å². The summed E-state index contributed by atoms with van der Waals surface area (Å²) in [5.41, 5.74) is -0.429. The molecule has 19 heavy (non-hydrogen) atoms. The summed E-state index contributed by atoms with van der Waals surface area (Å²) in [6.45, 7) is 6.08. The fraction of sp³-hybridized carbons (Fsp3) is 0.933. The smallest absolute Gasteiger partial charge is 0.326 e. The number of methoxy groups -OCH3 is 1. The Hall–Kier alpha value is -0.610. The molecule has 4 heteroatoms. The second-order valence-corrected chi connectivity index (χ2v) is 6.06. The van der Waals surface area contributed by atoms with E-state index in [1.807, 2.05) is 0 Å². The zero-order valence-corrected chi connectivity index (χ0v) is 12.4. The Labute approximate surface area is 116 Å². The molecule has 0 aromatic carbocycles. The Morgan fingerprint density at radius 3 is 2.58 bits per heavy atom. The molecular formula is C15H28N2O2. The molecule has 0 radical (unpaired) electrons. The lowest BCUT2D eigenvalue weighted by molar-refractivity contribution is -0.159. The van der Waals surface area contributed by atoms with Crippen molar-refractivity contribution >= 4 is 5.97 Å². The number of esters is 1. The van der Waals surface area contributed by atoms with Crippen LogP contribution in [0.4, 0.5) is 0 Å². The van der Waals surface area contributed by atoms with E-state index in [1.165, 1.54) is 26.4 Å². The quantitative estimate of drug-likeness (QED) is 0.793. The van der Waals surface area contributed by atoms with E-state index in [9.17, 15) is 4.79 Å². The molecule has 1 saturated carbocycles. The van der Waals surface area contributed by atoms with Gasteiger partial charge in [-0.15, -0.1) is 0 Å². The van der Waals surface area contributed by atoms with Gasteiger partial charge in [0.1, 0.15) is 5.54 Å². The van der Waals surface area contributed by atoms with E-state index in [0.717, 1.165) is 45.4 Å². The molecule has 1 saturated heterocycles. The van der Waals surface area contributed by atoms with Crippen molar-refractivity contribution in [2.24, 2.45) is 5.92 Å². The highest BCUT2D eigenvalue weighted by Gasteiger charge is 2.47. The first-order valence-electron chi connectivity index (χ1n) is 7.73. The van der Waals surface area contributed by atoms with E-state index in [1.54, 1.807) is 0 Å². The molecule has 2 rings (SSSR count). The van der Waals surface area contributed by atoms with Gasteiger partial charge < -0.3 is 10.1 Å². The predicted octanol–water partition coefficient (Wildman–Crippen LogP) is 1.79. The van der Waals surface area contributed by atoms with Gasteiger partial charge in [0.05, 0.1) is 7.11 Å². The van der Waals surface area contributed by atoms with Crippen molar-refractivity contribution in [3.8, 4) is 0 Å². The van der Waals surface area contributed by atoms with Crippen LogP contribution in [0.1, 0.15) is 45.4 Å². The van der Waals surface area contributed by atoms with E-state index in [0.29, 0.717) is 5.92 Å². The van der Waals surface area contributed by atoms with E-state index < -0.39 is 5.54 Å². The molecule has 0 aromatic heterocycles. The van der Waals surface area contributed by atoms with Gasteiger partial charge in [0.15, 0.2) is 0 Å². The number of carbonyl (C=O) groups is 1. The van der Waals surface area contributed by atoms with Gasteiger partial charge in [-0.05, 0) is 38.6 Å². The van der Waals surface area contributed by atoms with Gasteiger partial charge in [0, 0.05) is 19.6 Å². The summed E-state index contributed by atoms with van der Waals surface area (Å²) in [5, 5.41) is 3.42. The number of nitrogens with zero attached hydrogens (tertiary/aromatic N) is 1. The second kappa shape index (κ2) is 6.71. The van der Waals surface area contributed by atoms with Crippen LogP contribution in [0.3, 0.4) is 0 Å². The minimum absolute atomic E-state index is 0.0405. The molecule has 4 nitrogen and oxygen atoms in total. The Kier molecular flexibility index (Phi) is 5.22. The summed E-state index contributed by atoms with van der Waals surface area (Å²) in [4.78, 5) is 14.8. The lowest BCUT2D eigenvalue weighted by Crippen LogP contribution is -2.59. The maximum absolute atomic E-state index is 12.5. The molecule has 0 amide bonds. The third-order valence-electron chi connectivity index (χ3n) is 5.00. The number of ether oxygens (including phenoxy) is 1. The van der Waals surface area contributed by atoms with Crippen molar-refractivity contribution in [2.45, 2.75) is 51.0 Å². The van der Waals surface area contributed by atoms with Crippen molar-refractivity contribution < 1.29 is 9.53 Å². The molecule has 1 heterocycles. The van der Waals surface area contributed by atoms with Crippen LogP contribution in [0.2, 0.25) is 0 Å². The lowest BCUT2D eigenvalue weighted by Gasteiger charge is -2.45. The summed E-state index contributed by atoms with van der Waals surface area (Å²) < 4.78 is 5.16. The molecule has 1 aliphatic heterocycles. The summed E-state index contributed by atoms with van der Waals surface area (Å²) in [7, 11) is 1.53. The van der Waals surface area contributed by atoms with Crippen LogP contribution in [0.15, 0.2) is 0 Å². The van der Waals surface area contributed by atoms with Crippen molar-refractivity contribution in [1.29, 1.82) is 0 Å². The zero-order valence-electron chi connectivity index (χ0n) is 12.4.